The number of piperidine rings is 1. The van der Waals surface area contributed by atoms with Gasteiger partial charge in [0.25, 0.3) is 11.8 Å². The van der Waals surface area contributed by atoms with Gasteiger partial charge in [-0.05, 0) is 51.7 Å². The summed E-state index contributed by atoms with van der Waals surface area (Å²) in [6, 6.07) is 9.06. The van der Waals surface area contributed by atoms with E-state index in [0.717, 1.165) is 36.9 Å². The van der Waals surface area contributed by atoms with Crippen molar-refractivity contribution in [3.05, 3.63) is 70.6 Å². The number of hydrogen-bond donors (Lipinski definition) is 1. The van der Waals surface area contributed by atoms with E-state index in [1.54, 1.807) is 17.8 Å². The van der Waals surface area contributed by atoms with Crippen molar-refractivity contribution in [1.29, 1.82) is 0 Å². The van der Waals surface area contributed by atoms with Crippen LogP contribution >= 0.6 is 0 Å². The first-order chi connectivity index (χ1) is 15.9. The zero-order chi connectivity index (χ0) is 23.5. The van der Waals surface area contributed by atoms with Crippen molar-refractivity contribution in [1.82, 2.24) is 24.6 Å². The molecule has 2 aromatic heterocycles. The van der Waals surface area contributed by atoms with Crippen LogP contribution in [0.15, 0.2) is 36.5 Å². The van der Waals surface area contributed by atoms with E-state index in [9.17, 15) is 9.59 Å². The molecule has 0 aliphatic carbocycles. The van der Waals surface area contributed by atoms with Crippen LogP contribution in [-0.2, 0) is 13.5 Å². The summed E-state index contributed by atoms with van der Waals surface area (Å²) in [5.74, 6) is 0.283. The molecule has 0 unspecified atom stereocenters. The van der Waals surface area contributed by atoms with Crippen molar-refractivity contribution in [3.63, 3.8) is 0 Å². The molecule has 0 radical (unpaired) electrons. The van der Waals surface area contributed by atoms with Gasteiger partial charge in [-0.3, -0.25) is 14.3 Å². The minimum absolute atomic E-state index is 0.0425. The number of hydrogen-bond acceptors (Lipinski definition) is 5. The zero-order valence-corrected chi connectivity index (χ0v) is 19.6. The van der Waals surface area contributed by atoms with Gasteiger partial charge in [-0.25, -0.2) is 9.97 Å². The Morgan fingerprint density at radius 2 is 1.91 bits per heavy atom. The summed E-state index contributed by atoms with van der Waals surface area (Å²) in [7, 11) is 1.82. The van der Waals surface area contributed by atoms with Gasteiger partial charge in [-0.1, -0.05) is 25.1 Å². The van der Waals surface area contributed by atoms with E-state index in [1.165, 1.54) is 0 Å². The van der Waals surface area contributed by atoms with Crippen LogP contribution in [0, 0.1) is 13.8 Å². The number of likely N-dealkylation sites (tertiary alicyclic amines) is 1. The van der Waals surface area contributed by atoms with Gasteiger partial charge < -0.3 is 10.2 Å². The minimum Gasteiger partial charge on any atom is -0.327 e. The Labute approximate surface area is 194 Å². The highest BCUT2D eigenvalue weighted by molar-refractivity contribution is 6.04. The van der Waals surface area contributed by atoms with Gasteiger partial charge in [0.2, 0.25) is 0 Å². The summed E-state index contributed by atoms with van der Waals surface area (Å²) in [5, 5.41) is 7.39. The summed E-state index contributed by atoms with van der Waals surface area (Å²) in [6.45, 7) is 6.45. The standard InChI is InChI=1S/C25H30N6O2/c1-5-20-16(2)22(30(4)29-20)25(33)31-14-10-9-13-21(31)23-26-15-19(17(3)27-23)24(32)28-18-11-7-6-8-12-18/h6-8,11-12,15,21H,5,9-10,13-14H2,1-4H3,(H,28,32)/t21-/m1/s1. The van der Waals surface area contributed by atoms with Crippen LogP contribution in [-0.4, -0.2) is 43.0 Å². The van der Waals surface area contributed by atoms with Crippen molar-refractivity contribution < 1.29 is 9.59 Å². The van der Waals surface area contributed by atoms with Gasteiger partial charge in [-0.15, -0.1) is 0 Å². The van der Waals surface area contributed by atoms with Crippen LogP contribution in [0.5, 0.6) is 0 Å². The first kappa shape index (κ1) is 22.6. The topological polar surface area (TPSA) is 93.0 Å². The Hall–Kier alpha value is -3.55. The zero-order valence-electron chi connectivity index (χ0n) is 19.6. The number of aryl methyl sites for hydroxylation is 3. The molecule has 2 amide bonds. The number of nitrogens with zero attached hydrogens (tertiary/aromatic N) is 5. The second-order valence-electron chi connectivity index (χ2n) is 8.46. The van der Waals surface area contributed by atoms with Gasteiger partial charge in [0.15, 0.2) is 5.82 Å². The number of rotatable bonds is 5. The molecule has 1 aliphatic heterocycles. The maximum Gasteiger partial charge on any atom is 0.273 e. The van der Waals surface area contributed by atoms with Gasteiger partial charge in [0.05, 0.1) is 23.0 Å². The first-order valence-corrected chi connectivity index (χ1v) is 11.4. The fourth-order valence-corrected chi connectivity index (χ4v) is 4.49. The second kappa shape index (κ2) is 9.52. The quantitative estimate of drug-likeness (QED) is 0.639. The van der Waals surface area contributed by atoms with Crippen molar-refractivity contribution in [2.24, 2.45) is 7.05 Å². The Balaban J connectivity index is 1.59. The summed E-state index contributed by atoms with van der Waals surface area (Å²) < 4.78 is 1.69. The number of para-hydroxylation sites is 1. The molecule has 8 heteroatoms. The number of benzene rings is 1. The molecule has 3 aromatic rings. The van der Waals surface area contributed by atoms with Crippen LogP contribution in [0.25, 0.3) is 0 Å². The van der Waals surface area contributed by atoms with Crippen molar-refractivity contribution in [3.8, 4) is 0 Å². The van der Waals surface area contributed by atoms with Gasteiger partial charge in [-0.2, -0.15) is 5.10 Å². The molecule has 4 rings (SSSR count). The summed E-state index contributed by atoms with van der Waals surface area (Å²) in [6.07, 6.45) is 5.08. The number of anilines is 1. The molecule has 0 spiro atoms. The molecular formula is C25H30N6O2. The van der Waals surface area contributed by atoms with Crippen molar-refractivity contribution >= 4 is 17.5 Å². The lowest BCUT2D eigenvalue weighted by molar-refractivity contribution is 0.0587. The summed E-state index contributed by atoms with van der Waals surface area (Å²) in [5.41, 5.74) is 4.22. The fraction of sp³-hybridized carbons (Fsp3) is 0.400. The molecule has 1 aromatic carbocycles. The highest BCUT2D eigenvalue weighted by Gasteiger charge is 2.33. The first-order valence-electron chi connectivity index (χ1n) is 11.4. The molecule has 0 saturated carbocycles. The van der Waals surface area contributed by atoms with Crippen molar-refractivity contribution in [2.45, 2.75) is 52.5 Å². The van der Waals surface area contributed by atoms with E-state index in [1.807, 2.05) is 56.1 Å². The highest BCUT2D eigenvalue weighted by atomic mass is 16.2. The number of aromatic nitrogens is 4. The number of carbonyl (C=O) groups is 2. The number of amides is 2. The largest absolute Gasteiger partial charge is 0.327 e. The molecule has 1 fully saturated rings. The molecule has 1 N–H and O–H groups in total. The van der Waals surface area contributed by atoms with E-state index in [4.69, 9.17) is 0 Å². The summed E-state index contributed by atoms with van der Waals surface area (Å²) in [4.78, 5) is 37.3. The molecule has 172 valence electrons. The average molecular weight is 447 g/mol. The average Bonchev–Trinajstić information content (AvgIpc) is 3.12. The van der Waals surface area contributed by atoms with Gasteiger partial charge in [0, 0.05) is 31.0 Å². The Kier molecular flexibility index (Phi) is 6.53. The lowest BCUT2D eigenvalue weighted by atomic mass is 9.99. The van der Waals surface area contributed by atoms with E-state index >= 15 is 0 Å². The lowest BCUT2D eigenvalue weighted by Crippen LogP contribution is -2.40. The SMILES string of the molecule is CCc1nn(C)c(C(=O)N2CCCC[C@@H]2c2ncc(C(=O)Nc3ccccc3)c(C)n2)c1C. The van der Waals surface area contributed by atoms with E-state index in [2.05, 4.69) is 20.4 Å². The van der Waals surface area contributed by atoms with Crippen molar-refractivity contribution in [2.75, 3.05) is 11.9 Å². The molecule has 3 heterocycles. The number of nitrogens with one attached hydrogen (secondary N) is 1. The van der Waals surface area contributed by atoms with E-state index in [-0.39, 0.29) is 17.9 Å². The Morgan fingerprint density at radius 1 is 1.15 bits per heavy atom. The molecule has 1 aliphatic rings. The van der Waals surface area contributed by atoms with Gasteiger partial charge >= 0.3 is 0 Å². The van der Waals surface area contributed by atoms with Crippen LogP contribution < -0.4 is 5.32 Å². The normalized spacial score (nSPS) is 16.0. The minimum atomic E-state index is -0.251. The fourth-order valence-electron chi connectivity index (χ4n) is 4.49. The third kappa shape index (κ3) is 4.51. The molecule has 1 atom stereocenters. The number of carbonyl (C=O) groups excluding carboxylic acids is 2. The highest BCUT2D eigenvalue weighted by Crippen LogP contribution is 2.31. The van der Waals surface area contributed by atoms with E-state index in [0.29, 0.717) is 35.0 Å². The maximum atomic E-state index is 13.6. The predicted octanol–water partition coefficient (Wildman–Crippen LogP) is 4.01. The van der Waals surface area contributed by atoms with Crippen LogP contribution in [0.3, 0.4) is 0 Å². The third-order valence-electron chi connectivity index (χ3n) is 6.26. The van der Waals surface area contributed by atoms with Crippen LogP contribution in [0.1, 0.15) is 75.9 Å². The molecular weight excluding hydrogens is 416 g/mol. The summed E-state index contributed by atoms with van der Waals surface area (Å²) >= 11 is 0. The Morgan fingerprint density at radius 3 is 2.58 bits per heavy atom. The molecule has 1 saturated heterocycles. The smallest absolute Gasteiger partial charge is 0.273 e. The maximum absolute atomic E-state index is 13.6. The van der Waals surface area contributed by atoms with Gasteiger partial charge in [0.1, 0.15) is 5.69 Å². The predicted molar refractivity (Wildman–Crippen MR) is 126 cm³/mol. The monoisotopic (exact) mass is 446 g/mol. The van der Waals surface area contributed by atoms with Crippen LogP contribution in [0.4, 0.5) is 5.69 Å². The molecule has 0 bridgehead atoms. The molecule has 33 heavy (non-hydrogen) atoms. The lowest BCUT2D eigenvalue weighted by Gasteiger charge is -2.35. The molecule has 8 nitrogen and oxygen atoms in total. The van der Waals surface area contributed by atoms with Crippen LogP contribution in [0.2, 0.25) is 0 Å². The van der Waals surface area contributed by atoms with E-state index < -0.39 is 0 Å². The Bertz CT molecular complexity index is 1170. The second-order valence-corrected chi connectivity index (χ2v) is 8.46. The third-order valence-corrected chi connectivity index (χ3v) is 6.26.